The topological polar surface area (TPSA) is 99.0 Å². The number of rotatable bonds is 8. The van der Waals surface area contributed by atoms with Gasteiger partial charge in [-0.15, -0.1) is 0 Å². The molecule has 3 amide bonds. The second kappa shape index (κ2) is 9.19. The van der Waals surface area contributed by atoms with Crippen molar-refractivity contribution in [1.82, 2.24) is 20.9 Å². The molecule has 0 radical (unpaired) electrons. The Labute approximate surface area is 177 Å². The molecule has 2 heterocycles. The molecule has 30 heavy (non-hydrogen) atoms. The van der Waals surface area contributed by atoms with Crippen LogP contribution in [-0.2, 0) is 4.79 Å². The van der Waals surface area contributed by atoms with E-state index in [1.807, 2.05) is 51.1 Å². The molecule has 0 aliphatic carbocycles. The fraction of sp³-hybridized carbons (Fsp3) is 0.500. The van der Waals surface area contributed by atoms with Crippen molar-refractivity contribution in [3.05, 3.63) is 36.1 Å². The van der Waals surface area contributed by atoms with Crippen LogP contribution in [0.4, 0.5) is 4.79 Å². The first-order valence-electron chi connectivity index (χ1n) is 10.6. The summed E-state index contributed by atoms with van der Waals surface area (Å²) in [6.07, 6.45) is 1.16. The van der Waals surface area contributed by atoms with Gasteiger partial charge in [-0.1, -0.05) is 25.1 Å². The summed E-state index contributed by atoms with van der Waals surface area (Å²) in [6.45, 7) is 9.23. The average Bonchev–Trinajstić information content (AvgIpc) is 3.25. The minimum atomic E-state index is -0.793. The number of urea groups is 1. The van der Waals surface area contributed by atoms with Crippen LogP contribution in [0.5, 0.6) is 0 Å². The molecular weight excluding hydrogens is 382 g/mol. The SMILES string of the molecule is CCNC(=NCCCN1C(=O)NC(C)(CC)C1=O)NC(C)c1cc2ccccc2o1. The summed E-state index contributed by atoms with van der Waals surface area (Å²) in [5.41, 5.74) is 0.0643. The summed E-state index contributed by atoms with van der Waals surface area (Å²) in [5.74, 6) is 1.34. The lowest BCUT2D eigenvalue weighted by atomic mass is 9.99. The maximum atomic E-state index is 12.4. The number of guanidine groups is 1. The van der Waals surface area contributed by atoms with E-state index in [0.29, 0.717) is 31.9 Å². The molecular formula is C22H31N5O3. The van der Waals surface area contributed by atoms with Crippen molar-refractivity contribution in [3.63, 3.8) is 0 Å². The van der Waals surface area contributed by atoms with Gasteiger partial charge < -0.3 is 20.4 Å². The second-order valence-corrected chi connectivity index (χ2v) is 7.74. The number of para-hydroxylation sites is 1. The van der Waals surface area contributed by atoms with Crippen LogP contribution in [0.15, 0.2) is 39.7 Å². The number of nitrogens with one attached hydrogen (secondary N) is 3. The number of imide groups is 1. The van der Waals surface area contributed by atoms with E-state index in [2.05, 4.69) is 20.9 Å². The molecule has 2 unspecified atom stereocenters. The Hall–Kier alpha value is -3.03. The number of benzene rings is 1. The zero-order valence-electron chi connectivity index (χ0n) is 18.1. The van der Waals surface area contributed by atoms with Gasteiger partial charge in [0.15, 0.2) is 5.96 Å². The highest BCUT2D eigenvalue weighted by molar-refractivity contribution is 6.06. The number of carbonyl (C=O) groups is 2. The summed E-state index contributed by atoms with van der Waals surface area (Å²) in [5, 5.41) is 10.4. The molecule has 8 heteroatoms. The van der Waals surface area contributed by atoms with Crippen molar-refractivity contribution < 1.29 is 14.0 Å². The second-order valence-electron chi connectivity index (χ2n) is 7.74. The maximum absolute atomic E-state index is 12.4. The van der Waals surface area contributed by atoms with E-state index in [1.54, 1.807) is 6.92 Å². The maximum Gasteiger partial charge on any atom is 0.325 e. The lowest BCUT2D eigenvalue weighted by molar-refractivity contribution is -0.130. The van der Waals surface area contributed by atoms with Gasteiger partial charge in [-0.25, -0.2) is 4.79 Å². The summed E-state index contributed by atoms with van der Waals surface area (Å²) in [4.78, 5) is 30.4. The first-order chi connectivity index (χ1) is 14.4. The van der Waals surface area contributed by atoms with Crippen molar-refractivity contribution in [2.24, 2.45) is 4.99 Å². The summed E-state index contributed by atoms with van der Waals surface area (Å²) in [6, 6.07) is 9.55. The van der Waals surface area contributed by atoms with Gasteiger partial charge in [-0.2, -0.15) is 0 Å². The zero-order chi connectivity index (χ0) is 21.7. The number of nitrogens with zero attached hydrogens (tertiary/aromatic N) is 2. The van der Waals surface area contributed by atoms with Gasteiger partial charge in [0.1, 0.15) is 16.9 Å². The van der Waals surface area contributed by atoms with Crippen LogP contribution in [0.3, 0.4) is 0 Å². The fourth-order valence-corrected chi connectivity index (χ4v) is 3.42. The quantitative estimate of drug-likeness (QED) is 0.267. The van der Waals surface area contributed by atoms with Crippen molar-refractivity contribution in [2.45, 2.75) is 52.1 Å². The van der Waals surface area contributed by atoms with E-state index in [1.165, 1.54) is 4.90 Å². The van der Waals surface area contributed by atoms with Gasteiger partial charge in [-0.05, 0) is 45.7 Å². The van der Waals surface area contributed by atoms with E-state index >= 15 is 0 Å². The van der Waals surface area contributed by atoms with Crippen molar-refractivity contribution in [3.8, 4) is 0 Å². The Morgan fingerprint density at radius 1 is 1.30 bits per heavy atom. The molecule has 1 saturated heterocycles. The van der Waals surface area contributed by atoms with E-state index < -0.39 is 5.54 Å². The standard InChI is InChI=1S/C22H31N5O3/c1-5-22(4)19(28)27(21(29)26-22)13-9-12-24-20(23-6-2)25-15(3)18-14-16-10-7-8-11-17(16)30-18/h7-8,10-11,14-15H,5-6,9,12-13H2,1-4H3,(H,26,29)(H2,23,24,25). The number of furan rings is 1. The molecule has 8 nitrogen and oxygen atoms in total. The minimum absolute atomic E-state index is 0.0635. The molecule has 1 aromatic heterocycles. The first kappa shape index (κ1) is 21.7. The molecule has 0 bridgehead atoms. The van der Waals surface area contributed by atoms with Gasteiger partial charge >= 0.3 is 6.03 Å². The third kappa shape index (κ3) is 4.58. The van der Waals surface area contributed by atoms with Crippen LogP contribution in [0.1, 0.15) is 52.3 Å². The van der Waals surface area contributed by atoms with E-state index in [0.717, 1.165) is 23.3 Å². The van der Waals surface area contributed by atoms with Gasteiger partial charge in [0.05, 0.1) is 6.04 Å². The molecule has 1 fully saturated rings. The van der Waals surface area contributed by atoms with Gasteiger partial charge in [0.25, 0.3) is 5.91 Å². The smallest absolute Gasteiger partial charge is 0.325 e. The van der Waals surface area contributed by atoms with Crippen LogP contribution >= 0.6 is 0 Å². The normalized spacial score (nSPS) is 20.5. The highest BCUT2D eigenvalue weighted by Crippen LogP contribution is 2.23. The van der Waals surface area contributed by atoms with Crippen LogP contribution in [-0.4, -0.2) is 48.0 Å². The average molecular weight is 414 g/mol. The lowest BCUT2D eigenvalue weighted by Gasteiger charge is -2.19. The Bertz CT molecular complexity index is 905. The highest BCUT2D eigenvalue weighted by atomic mass is 16.3. The molecule has 162 valence electrons. The van der Waals surface area contributed by atoms with Crippen LogP contribution < -0.4 is 16.0 Å². The minimum Gasteiger partial charge on any atom is -0.459 e. The number of carbonyl (C=O) groups excluding carboxylic acids is 2. The third-order valence-electron chi connectivity index (χ3n) is 5.43. The zero-order valence-corrected chi connectivity index (χ0v) is 18.1. The summed E-state index contributed by atoms with van der Waals surface area (Å²) >= 11 is 0. The number of fused-ring (bicyclic) bond motifs is 1. The molecule has 2 aromatic rings. The van der Waals surface area contributed by atoms with E-state index in [9.17, 15) is 9.59 Å². The van der Waals surface area contributed by atoms with Crippen molar-refractivity contribution in [1.29, 1.82) is 0 Å². The van der Waals surface area contributed by atoms with E-state index in [-0.39, 0.29) is 18.0 Å². The molecule has 0 saturated carbocycles. The van der Waals surface area contributed by atoms with Gasteiger partial charge in [-0.3, -0.25) is 14.7 Å². The predicted octanol–water partition coefficient (Wildman–Crippen LogP) is 3.16. The van der Waals surface area contributed by atoms with Crippen LogP contribution in [0.2, 0.25) is 0 Å². The fourth-order valence-electron chi connectivity index (χ4n) is 3.42. The number of hydrogen-bond donors (Lipinski definition) is 3. The largest absolute Gasteiger partial charge is 0.459 e. The first-order valence-corrected chi connectivity index (χ1v) is 10.6. The number of hydrogen-bond acceptors (Lipinski definition) is 4. The van der Waals surface area contributed by atoms with Gasteiger partial charge in [0, 0.05) is 25.0 Å². The van der Waals surface area contributed by atoms with Crippen molar-refractivity contribution in [2.75, 3.05) is 19.6 Å². The molecule has 1 aliphatic rings. The predicted molar refractivity (Wildman–Crippen MR) is 117 cm³/mol. The van der Waals surface area contributed by atoms with Crippen LogP contribution in [0.25, 0.3) is 11.0 Å². The number of amides is 3. The Morgan fingerprint density at radius 3 is 2.73 bits per heavy atom. The third-order valence-corrected chi connectivity index (χ3v) is 5.43. The van der Waals surface area contributed by atoms with Gasteiger partial charge in [0.2, 0.25) is 0 Å². The molecule has 1 aromatic carbocycles. The highest BCUT2D eigenvalue weighted by Gasteiger charge is 2.45. The van der Waals surface area contributed by atoms with Crippen LogP contribution in [0, 0.1) is 0 Å². The monoisotopic (exact) mass is 413 g/mol. The number of aliphatic imine (C=N–C) groups is 1. The van der Waals surface area contributed by atoms with Crippen molar-refractivity contribution >= 4 is 28.9 Å². The molecule has 0 spiro atoms. The van der Waals surface area contributed by atoms with E-state index in [4.69, 9.17) is 4.42 Å². The lowest BCUT2D eigenvalue weighted by Crippen LogP contribution is -2.43. The Morgan fingerprint density at radius 2 is 2.07 bits per heavy atom. The molecule has 1 aliphatic heterocycles. The molecule has 2 atom stereocenters. The Kier molecular flexibility index (Phi) is 6.64. The Balaban J connectivity index is 1.56. The molecule has 3 rings (SSSR count). The molecule has 3 N–H and O–H groups in total. The summed E-state index contributed by atoms with van der Waals surface area (Å²) in [7, 11) is 0. The summed E-state index contributed by atoms with van der Waals surface area (Å²) < 4.78 is 5.92.